The van der Waals surface area contributed by atoms with Crippen molar-refractivity contribution in [3.63, 3.8) is 0 Å². The topological polar surface area (TPSA) is 181 Å². The summed E-state index contributed by atoms with van der Waals surface area (Å²) in [6, 6.07) is 18.5. The number of aliphatic carboxylic acids is 1. The van der Waals surface area contributed by atoms with Crippen molar-refractivity contribution in [1.29, 1.82) is 0 Å². The number of nitrogens with two attached hydrogens (primary N) is 1. The SMILES string of the molecule is CCS(=O)(=O)c1ccc(NC(C)=O)cc1CNC(=O)C(Nc1ccc2c(N)nccc2c1)c1cccc(Br)c1.O=C(O)C(F)(F)F. The van der Waals surface area contributed by atoms with E-state index in [2.05, 4.69) is 36.9 Å². The Morgan fingerprint density at radius 3 is 2.30 bits per heavy atom. The van der Waals surface area contributed by atoms with E-state index in [0.717, 1.165) is 15.2 Å². The Balaban J connectivity index is 0.000000738. The molecule has 0 aliphatic heterocycles. The Labute approximate surface area is 270 Å². The van der Waals surface area contributed by atoms with E-state index in [1.165, 1.54) is 19.1 Å². The number of rotatable bonds is 9. The van der Waals surface area contributed by atoms with Crippen molar-refractivity contribution in [3.8, 4) is 0 Å². The van der Waals surface area contributed by atoms with Crippen LogP contribution in [0.2, 0.25) is 0 Å². The molecule has 244 valence electrons. The van der Waals surface area contributed by atoms with Crippen molar-refractivity contribution < 1.29 is 41.1 Å². The average molecular weight is 725 g/mol. The van der Waals surface area contributed by atoms with E-state index in [9.17, 15) is 31.2 Å². The van der Waals surface area contributed by atoms with Crippen LogP contribution in [0.15, 0.2) is 82.3 Å². The van der Waals surface area contributed by atoms with Crippen molar-refractivity contribution in [1.82, 2.24) is 10.3 Å². The lowest BCUT2D eigenvalue weighted by Gasteiger charge is -2.21. The summed E-state index contributed by atoms with van der Waals surface area (Å²) in [5.41, 5.74) is 8.18. The number of pyridine rings is 1. The van der Waals surface area contributed by atoms with E-state index in [-0.39, 0.29) is 29.0 Å². The van der Waals surface area contributed by atoms with E-state index >= 15 is 0 Å². The minimum absolute atomic E-state index is 0.0626. The largest absolute Gasteiger partial charge is 0.490 e. The molecule has 1 unspecified atom stereocenters. The highest BCUT2D eigenvalue weighted by Gasteiger charge is 2.38. The molecule has 11 nitrogen and oxygen atoms in total. The van der Waals surface area contributed by atoms with Gasteiger partial charge in [0.1, 0.15) is 11.9 Å². The fraction of sp³-hybridized carbons (Fsp3) is 0.200. The molecule has 0 spiro atoms. The van der Waals surface area contributed by atoms with Gasteiger partial charge in [-0.3, -0.25) is 9.59 Å². The maximum absolute atomic E-state index is 13.6. The fourth-order valence-corrected chi connectivity index (χ4v) is 5.72. The van der Waals surface area contributed by atoms with Gasteiger partial charge in [-0.15, -0.1) is 0 Å². The molecule has 6 N–H and O–H groups in total. The van der Waals surface area contributed by atoms with Gasteiger partial charge in [-0.25, -0.2) is 18.2 Å². The van der Waals surface area contributed by atoms with Gasteiger partial charge in [0.05, 0.1) is 10.6 Å². The van der Waals surface area contributed by atoms with Gasteiger partial charge in [0.25, 0.3) is 0 Å². The van der Waals surface area contributed by atoms with Crippen LogP contribution in [0, 0.1) is 0 Å². The monoisotopic (exact) mass is 723 g/mol. The maximum Gasteiger partial charge on any atom is 0.490 e. The number of anilines is 3. The van der Waals surface area contributed by atoms with Crippen LogP contribution in [0.1, 0.15) is 31.0 Å². The zero-order valence-corrected chi connectivity index (χ0v) is 26.8. The molecule has 1 atom stereocenters. The number of nitrogens with one attached hydrogen (secondary N) is 3. The number of carbonyl (C=O) groups excluding carboxylic acids is 2. The first-order valence-electron chi connectivity index (χ1n) is 13.4. The molecule has 0 saturated carbocycles. The van der Waals surface area contributed by atoms with Gasteiger partial charge < -0.3 is 26.8 Å². The van der Waals surface area contributed by atoms with E-state index in [1.54, 1.807) is 19.2 Å². The van der Waals surface area contributed by atoms with Crippen molar-refractivity contribution in [2.45, 2.75) is 37.5 Å². The molecule has 4 rings (SSSR count). The first-order chi connectivity index (χ1) is 21.5. The second-order valence-electron chi connectivity index (χ2n) is 9.69. The standard InChI is InChI=1S/C28H28BrN5O4S.C2HF3O2/c1-3-39(37,38)25-10-8-22(33-17(2)35)15-20(25)16-32-28(36)26(19-5-4-6-21(29)13-19)34-23-7-9-24-18(14-23)11-12-31-27(24)30;3-2(4,5)1(6)7/h4-15,26,34H,3,16H2,1-2H3,(H2,30,31)(H,32,36)(H,33,35);(H,6,7). The first-order valence-corrected chi connectivity index (χ1v) is 15.8. The summed E-state index contributed by atoms with van der Waals surface area (Å²) in [4.78, 5) is 38.3. The number of carbonyl (C=O) groups is 3. The van der Waals surface area contributed by atoms with Gasteiger partial charge in [-0.2, -0.15) is 13.2 Å². The van der Waals surface area contributed by atoms with Gasteiger partial charge in [-0.1, -0.05) is 35.0 Å². The number of fused-ring (bicyclic) bond motifs is 1. The van der Waals surface area contributed by atoms with Crippen LogP contribution >= 0.6 is 15.9 Å². The van der Waals surface area contributed by atoms with Crippen LogP contribution in [0.25, 0.3) is 10.8 Å². The van der Waals surface area contributed by atoms with Crippen molar-refractivity contribution >= 4 is 71.5 Å². The molecule has 1 aromatic heterocycles. The Morgan fingerprint density at radius 1 is 1.02 bits per heavy atom. The normalized spacial score (nSPS) is 12.0. The van der Waals surface area contributed by atoms with Crippen LogP contribution < -0.4 is 21.7 Å². The van der Waals surface area contributed by atoms with Gasteiger partial charge in [0.15, 0.2) is 9.84 Å². The molecule has 16 heteroatoms. The third-order valence-corrected chi connectivity index (χ3v) is 8.66. The number of aromatic nitrogens is 1. The van der Waals surface area contributed by atoms with Gasteiger partial charge >= 0.3 is 12.1 Å². The van der Waals surface area contributed by atoms with Crippen LogP contribution in [0.5, 0.6) is 0 Å². The van der Waals surface area contributed by atoms with Crippen LogP contribution in [0.3, 0.4) is 0 Å². The Kier molecular flexibility index (Phi) is 11.7. The second-order valence-corrected chi connectivity index (χ2v) is 12.9. The van der Waals surface area contributed by atoms with Crippen molar-refractivity contribution in [3.05, 3.63) is 88.5 Å². The number of halogens is 4. The Morgan fingerprint density at radius 2 is 1.70 bits per heavy atom. The third-order valence-electron chi connectivity index (χ3n) is 6.34. The molecule has 46 heavy (non-hydrogen) atoms. The molecule has 0 radical (unpaired) electrons. The first kappa shape index (κ1) is 35.8. The molecule has 0 saturated heterocycles. The second kappa shape index (κ2) is 15.1. The van der Waals surface area contributed by atoms with E-state index in [1.807, 2.05) is 48.5 Å². The third kappa shape index (κ3) is 9.65. The summed E-state index contributed by atoms with van der Waals surface area (Å²) in [7, 11) is -3.57. The number of hydrogen-bond donors (Lipinski definition) is 5. The predicted octanol–water partition coefficient (Wildman–Crippen LogP) is 5.43. The highest BCUT2D eigenvalue weighted by atomic mass is 79.9. The number of hydrogen-bond acceptors (Lipinski definition) is 8. The zero-order chi connectivity index (χ0) is 34.2. The molecule has 0 aliphatic carbocycles. The minimum Gasteiger partial charge on any atom is -0.475 e. The number of amides is 2. The number of carboxylic acids is 1. The predicted molar refractivity (Wildman–Crippen MR) is 171 cm³/mol. The Bertz CT molecular complexity index is 1870. The zero-order valence-electron chi connectivity index (χ0n) is 24.4. The number of alkyl halides is 3. The van der Waals surface area contributed by atoms with Crippen LogP contribution in [0.4, 0.5) is 30.4 Å². The summed E-state index contributed by atoms with van der Waals surface area (Å²) >= 11 is 3.47. The lowest BCUT2D eigenvalue weighted by molar-refractivity contribution is -0.192. The summed E-state index contributed by atoms with van der Waals surface area (Å²) in [5.74, 6) is -3.10. The number of benzene rings is 3. The van der Waals surface area contributed by atoms with E-state index in [0.29, 0.717) is 28.3 Å². The lowest BCUT2D eigenvalue weighted by Crippen LogP contribution is -2.33. The van der Waals surface area contributed by atoms with Gasteiger partial charge in [0, 0.05) is 40.9 Å². The maximum atomic E-state index is 13.6. The molecule has 0 bridgehead atoms. The molecule has 4 aromatic rings. The average Bonchev–Trinajstić information content (AvgIpc) is 2.98. The molecule has 2 amide bonds. The summed E-state index contributed by atoms with van der Waals surface area (Å²) < 4.78 is 58.0. The molecule has 3 aromatic carbocycles. The van der Waals surface area contributed by atoms with Gasteiger partial charge in [0.2, 0.25) is 11.8 Å². The summed E-state index contributed by atoms with van der Waals surface area (Å²) in [6.07, 6.45) is -3.46. The highest BCUT2D eigenvalue weighted by Crippen LogP contribution is 2.28. The van der Waals surface area contributed by atoms with E-state index in [4.69, 9.17) is 15.6 Å². The minimum atomic E-state index is -5.08. The molecule has 1 heterocycles. The summed E-state index contributed by atoms with van der Waals surface area (Å²) in [5, 5.41) is 17.6. The van der Waals surface area contributed by atoms with Crippen molar-refractivity contribution in [2.24, 2.45) is 0 Å². The van der Waals surface area contributed by atoms with E-state index < -0.39 is 28.0 Å². The smallest absolute Gasteiger partial charge is 0.475 e. The van der Waals surface area contributed by atoms with Crippen LogP contribution in [-0.2, 0) is 30.8 Å². The number of sulfone groups is 1. The van der Waals surface area contributed by atoms with Crippen molar-refractivity contribution in [2.75, 3.05) is 22.1 Å². The quantitative estimate of drug-likeness (QED) is 0.150. The highest BCUT2D eigenvalue weighted by molar-refractivity contribution is 9.10. The number of carboxylic acid groups (broad SMARTS) is 1. The lowest BCUT2D eigenvalue weighted by atomic mass is 10.0. The Hall–Kier alpha value is -4.70. The molecule has 0 fully saturated rings. The number of nitrogens with zero attached hydrogens (tertiary/aromatic N) is 1. The molecule has 0 aliphatic rings. The fourth-order valence-electron chi connectivity index (χ4n) is 4.19. The number of nitrogen functional groups attached to an aromatic ring is 1. The molecular formula is C30H29BrF3N5O6S. The summed E-state index contributed by atoms with van der Waals surface area (Å²) in [6.45, 7) is 2.86. The molecular weight excluding hydrogens is 695 g/mol. The van der Waals surface area contributed by atoms with Crippen LogP contribution in [-0.4, -0.2) is 48.2 Å². The van der Waals surface area contributed by atoms with Gasteiger partial charge in [-0.05, 0) is 71.1 Å².